The average molecular weight is 421 g/mol. The lowest BCUT2D eigenvalue weighted by molar-refractivity contribution is 0.303. The summed E-state index contributed by atoms with van der Waals surface area (Å²) in [6, 6.07) is 4.13. The molecule has 0 aromatic carbocycles. The fourth-order valence-electron chi connectivity index (χ4n) is 3.51. The van der Waals surface area contributed by atoms with Gasteiger partial charge in [-0.1, -0.05) is 6.92 Å². The lowest BCUT2D eigenvalue weighted by Gasteiger charge is -2.14. The predicted octanol–water partition coefficient (Wildman–Crippen LogP) is 3.91. The van der Waals surface area contributed by atoms with Crippen LogP contribution in [0.3, 0.4) is 0 Å². The van der Waals surface area contributed by atoms with Crippen LogP contribution in [0.4, 0.5) is 5.69 Å². The van der Waals surface area contributed by atoms with Crippen LogP contribution in [0.1, 0.15) is 44.5 Å². The summed E-state index contributed by atoms with van der Waals surface area (Å²) in [5.41, 5.74) is 6.36. The van der Waals surface area contributed by atoms with Gasteiger partial charge in [-0.15, -0.1) is 5.10 Å². The van der Waals surface area contributed by atoms with Crippen LogP contribution in [0.2, 0.25) is 0 Å². The van der Waals surface area contributed by atoms with Crippen LogP contribution in [0.5, 0.6) is 5.88 Å². The predicted molar refractivity (Wildman–Crippen MR) is 120 cm³/mol. The van der Waals surface area contributed by atoms with Gasteiger partial charge in [-0.25, -0.2) is 4.98 Å². The zero-order chi connectivity index (χ0) is 22.0. The van der Waals surface area contributed by atoms with E-state index < -0.39 is 0 Å². The molecule has 0 bridgehead atoms. The third kappa shape index (κ3) is 4.21. The molecular weight excluding hydrogens is 392 g/mol. The Morgan fingerprint density at radius 2 is 2.10 bits per heavy atom. The second-order valence-electron chi connectivity index (χ2n) is 7.85. The van der Waals surface area contributed by atoms with Crippen molar-refractivity contribution in [2.75, 3.05) is 11.9 Å². The number of nitrogens with zero attached hydrogens (tertiary/aromatic N) is 7. The van der Waals surface area contributed by atoms with Crippen molar-refractivity contribution in [3.63, 3.8) is 0 Å². The molecular formula is C22H28N8O. The van der Waals surface area contributed by atoms with Gasteiger partial charge in [-0.3, -0.25) is 9.36 Å². The molecule has 0 aliphatic heterocycles. The van der Waals surface area contributed by atoms with Crippen molar-refractivity contribution in [1.29, 1.82) is 0 Å². The molecule has 4 aromatic rings. The second kappa shape index (κ2) is 8.71. The van der Waals surface area contributed by atoms with E-state index in [1.807, 2.05) is 43.2 Å². The zero-order valence-electron chi connectivity index (χ0n) is 18.6. The number of aromatic nitrogens is 7. The highest BCUT2D eigenvalue weighted by atomic mass is 16.5. The third-order valence-electron chi connectivity index (χ3n) is 4.96. The molecule has 0 radical (unpaired) electrons. The maximum atomic E-state index is 5.83. The molecule has 0 saturated carbocycles. The molecule has 9 heteroatoms. The van der Waals surface area contributed by atoms with E-state index in [0.717, 1.165) is 45.7 Å². The summed E-state index contributed by atoms with van der Waals surface area (Å²) >= 11 is 0. The van der Waals surface area contributed by atoms with Gasteiger partial charge in [0.1, 0.15) is 11.0 Å². The first-order chi connectivity index (χ1) is 15.0. The molecule has 0 spiro atoms. The van der Waals surface area contributed by atoms with Gasteiger partial charge in [0.2, 0.25) is 5.88 Å². The van der Waals surface area contributed by atoms with Crippen LogP contribution < -0.4 is 10.1 Å². The van der Waals surface area contributed by atoms with Gasteiger partial charge in [0, 0.05) is 31.4 Å². The molecule has 9 nitrogen and oxygen atoms in total. The minimum absolute atomic E-state index is 0.203. The highest BCUT2D eigenvalue weighted by molar-refractivity contribution is 5.93. The average Bonchev–Trinajstić information content (AvgIpc) is 3.33. The Balaban J connectivity index is 1.84. The molecule has 0 aliphatic carbocycles. The van der Waals surface area contributed by atoms with E-state index in [1.165, 1.54) is 0 Å². The molecule has 0 unspecified atom stereocenters. The smallest absolute Gasteiger partial charge is 0.242 e. The fourth-order valence-corrected chi connectivity index (χ4v) is 3.51. The van der Waals surface area contributed by atoms with Gasteiger partial charge < -0.3 is 10.1 Å². The topological polar surface area (TPSA) is 95.6 Å². The van der Waals surface area contributed by atoms with Gasteiger partial charge in [0.15, 0.2) is 0 Å². The van der Waals surface area contributed by atoms with Crippen molar-refractivity contribution < 1.29 is 4.74 Å². The molecule has 4 aromatic heterocycles. The number of hydrogen-bond donors (Lipinski definition) is 1. The van der Waals surface area contributed by atoms with Crippen LogP contribution >= 0.6 is 0 Å². The van der Waals surface area contributed by atoms with Gasteiger partial charge >= 0.3 is 0 Å². The number of hydrogen-bond acceptors (Lipinski definition) is 7. The quantitative estimate of drug-likeness (QED) is 0.462. The maximum absolute atomic E-state index is 5.83. The first-order valence-electron chi connectivity index (χ1n) is 10.5. The molecule has 162 valence electrons. The molecule has 4 heterocycles. The van der Waals surface area contributed by atoms with E-state index >= 15 is 0 Å². The van der Waals surface area contributed by atoms with E-state index in [2.05, 4.69) is 41.4 Å². The largest absolute Gasteiger partial charge is 0.476 e. The van der Waals surface area contributed by atoms with Gasteiger partial charge in [-0.2, -0.15) is 15.3 Å². The molecule has 0 atom stereocenters. The number of rotatable bonds is 8. The first kappa shape index (κ1) is 20.8. The van der Waals surface area contributed by atoms with Crippen molar-refractivity contribution in [2.45, 2.75) is 46.7 Å². The van der Waals surface area contributed by atoms with E-state index in [9.17, 15) is 0 Å². The van der Waals surface area contributed by atoms with Crippen molar-refractivity contribution in [1.82, 2.24) is 34.7 Å². The Morgan fingerprint density at radius 1 is 1.26 bits per heavy atom. The lowest BCUT2D eigenvalue weighted by Crippen LogP contribution is -2.07. The first-order valence-corrected chi connectivity index (χ1v) is 10.5. The summed E-state index contributed by atoms with van der Waals surface area (Å²) < 4.78 is 9.65. The number of fused-ring (bicyclic) bond motifs is 1. The van der Waals surface area contributed by atoms with Crippen LogP contribution in [0.25, 0.3) is 22.3 Å². The maximum Gasteiger partial charge on any atom is 0.242 e. The lowest BCUT2D eigenvalue weighted by atomic mass is 10.1. The summed E-state index contributed by atoms with van der Waals surface area (Å²) in [6.07, 6.45) is 6.41. The number of pyridine rings is 1. The Kier molecular flexibility index (Phi) is 5.83. The zero-order valence-corrected chi connectivity index (χ0v) is 18.6. The number of ether oxygens (including phenoxy) is 1. The molecule has 0 aliphatic rings. The normalized spacial score (nSPS) is 11.4. The molecule has 1 N–H and O–H groups in total. The molecule has 0 fully saturated rings. The van der Waals surface area contributed by atoms with Crippen LogP contribution in [0.15, 0.2) is 30.7 Å². The summed E-state index contributed by atoms with van der Waals surface area (Å²) in [5.74, 6) is 0.489. The molecule has 0 amide bonds. The standard InChI is InChI=1S/C22H28N8O/c1-6-9-31-22-17(7-8-24-27-22)18-10-19(23-11-16-12-25-29(5)13-16)21-20(26-18)15(4)28-30(21)14(2)3/h7-8,10,12-14H,6,9,11H2,1-5H3,(H,23,26). The Hall–Kier alpha value is -3.49. The van der Waals surface area contributed by atoms with Crippen LogP contribution in [-0.2, 0) is 13.6 Å². The fraction of sp³-hybridized carbons (Fsp3) is 0.409. The van der Waals surface area contributed by atoms with Gasteiger partial charge in [0.05, 0.1) is 41.6 Å². The van der Waals surface area contributed by atoms with Crippen molar-refractivity contribution in [2.24, 2.45) is 7.05 Å². The second-order valence-corrected chi connectivity index (χ2v) is 7.85. The van der Waals surface area contributed by atoms with Gasteiger partial charge in [0.25, 0.3) is 0 Å². The Labute approximate surface area is 181 Å². The highest BCUT2D eigenvalue weighted by Gasteiger charge is 2.19. The summed E-state index contributed by atoms with van der Waals surface area (Å²) in [4.78, 5) is 4.95. The summed E-state index contributed by atoms with van der Waals surface area (Å²) in [7, 11) is 1.91. The molecule has 31 heavy (non-hydrogen) atoms. The third-order valence-corrected chi connectivity index (χ3v) is 4.96. The van der Waals surface area contributed by atoms with Crippen molar-refractivity contribution in [3.05, 3.63) is 42.0 Å². The SMILES string of the molecule is CCCOc1nnccc1-c1cc(NCc2cnn(C)c2)c2c(n1)c(C)nn2C(C)C. The van der Waals surface area contributed by atoms with Crippen LogP contribution in [0, 0.1) is 6.92 Å². The number of anilines is 1. The Morgan fingerprint density at radius 3 is 2.81 bits per heavy atom. The van der Waals surface area contributed by atoms with Crippen LogP contribution in [-0.4, -0.2) is 41.3 Å². The molecule has 0 saturated heterocycles. The number of aryl methyl sites for hydroxylation is 2. The monoisotopic (exact) mass is 420 g/mol. The number of nitrogens with one attached hydrogen (secondary N) is 1. The van der Waals surface area contributed by atoms with E-state index in [0.29, 0.717) is 19.0 Å². The van der Waals surface area contributed by atoms with E-state index in [-0.39, 0.29) is 6.04 Å². The minimum Gasteiger partial charge on any atom is -0.476 e. The summed E-state index contributed by atoms with van der Waals surface area (Å²) in [6.45, 7) is 9.50. The minimum atomic E-state index is 0.203. The van der Waals surface area contributed by atoms with Crippen molar-refractivity contribution in [3.8, 4) is 17.1 Å². The van der Waals surface area contributed by atoms with E-state index in [4.69, 9.17) is 14.8 Å². The van der Waals surface area contributed by atoms with Crippen molar-refractivity contribution >= 4 is 16.7 Å². The Bertz CT molecular complexity index is 1190. The summed E-state index contributed by atoms with van der Waals surface area (Å²) in [5, 5.41) is 20.8. The highest BCUT2D eigenvalue weighted by Crippen LogP contribution is 2.34. The molecule has 4 rings (SSSR count). The van der Waals surface area contributed by atoms with Gasteiger partial charge in [-0.05, 0) is 39.3 Å². The van der Waals surface area contributed by atoms with E-state index in [1.54, 1.807) is 10.9 Å².